The summed E-state index contributed by atoms with van der Waals surface area (Å²) in [6.07, 6.45) is 0. The van der Waals surface area contributed by atoms with Gasteiger partial charge in [0.15, 0.2) is 0 Å². The normalized spacial score (nSPS) is 9.79. The van der Waals surface area contributed by atoms with Crippen molar-refractivity contribution in [3.63, 3.8) is 0 Å². The predicted octanol–water partition coefficient (Wildman–Crippen LogP) is 3.68. The molecular formula is C16H17N3. The zero-order valence-electron chi connectivity index (χ0n) is 11.4. The van der Waals surface area contributed by atoms with E-state index in [1.165, 1.54) is 0 Å². The lowest BCUT2D eigenvalue weighted by atomic mass is 10.1. The fourth-order valence-corrected chi connectivity index (χ4v) is 1.97. The number of aryl methyl sites for hydroxylation is 1. The van der Waals surface area contributed by atoms with E-state index in [2.05, 4.69) is 11.4 Å². The summed E-state index contributed by atoms with van der Waals surface area (Å²) in [5, 5.41) is 12.5. The first-order chi connectivity index (χ1) is 9.11. The number of anilines is 3. The highest BCUT2D eigenvalue weighted by molar-refractivity contribution is 5.77. The molecule has 0 atom stereocenters. The molecule has 2 aromatic carbocycles. The number of nitriles is 1. The molecule has 3 heteroatoms. The Bertz CT molecular complexity index is 624. The van der Waals surface area contributed by atoms with E-state index in [1.807, 2.05) is 68.4 Å². The molecule has 0 aliphatic rings. The molecule has 0 unspecified atom stereocenters. The van der Waals surface area contributed by atoms with Crippen LogP contribution in [-0.4, -0.2) is 14.1 Å². The first-order valence-electron chi connectivity index (χ1n) is 6.16. The van der Waals surface area contributed by atoms with Gasteiger partial charge in [-0.2, -0.15) is 5.26 Å². The lowest BCUT2D eigenvalue weighted by Gasteiger charge is -2.19. The van der Waals surface area contributed by atoms with Gasteiger partial charge in [0.25, 0.3) is 0 Å². The smallest absolute Gasteiger partial charge is 0.101 e. The molecule has 2 rings (SSSR count). The molecule has 0 amide bonds. The first kappa shape index (κ1) is 13.0. The molecule has 0 heterocycles. The maximum absolute atomic E-state index is 9.20. The zero-order chi connectivity index (χ0) is 13.8. The highest BCUT2D eigenvalue weighted by Gasteiger charge is 2.07. The van der Waals surface area contributed by atoms with Crippen molar-refractivity contribution in [1.29, 1.82) is 5.26 Å². The summed E-state index contributed by atoms with van der Waals surface area (Å²) in [6.45, 7) is 1.98. The van der Waals surface area contributed by atoms with Crippen molar-refractivity contribution in [2.75, 3.05) is 24.3 Å². The van der Waals surface area contributed by atoms with Crippen molar-refractivity contribution in [3.8, 4) is 6.07 Å². The fraction of sp³-hybridized carbons (Fsp3) is 0.188. The summed E-state index contributed by atoms with van der Waals surface area (Å²) in [6, 6.07) is 16.1. The van der Waals surface area contributed by atoms with E-state index >= 15 is 0 Å². The number of hydrogen-bond acceptors (Lipinski definition) is 3. The molecule has 0 aromatic heterocycles. The summed E-state index contributed by atoms with van der Waals surface area (Å²) in [5.74, 6) is 0. The van der Waals surface area contributed by atoms with Gasteiger partial charge in [-0.15, -0.1) is 0 Å². The Morgan fingerprint density at radius 3 is 2.47 bits per heavy atom. The lowest BCUT2D eigenvalue weighted by Crippen LogP contribution is -2.10. The second-order valence-electron chi connectivity index (χ2n) is 4.70. The van der Waals surface area contributed by atoms with Crippen molar-refractivity contribution < 1.29 is 0 Å². The van der Waals surface area contributed by atoms with E-state index in [0.29, 0.717) is 5.56 Å². The second kappa shape index (κ2) is 5.45. The summed E-state index contributed by atoms with van der Waals surface area (Å²) in [7, 11) is 4.00. The molecular weight excluding hydrogens is 234 g/mol. The average Bonchev–Trinajstić information content (AvgIpc) is 2.41. The van der Waals surface area contributed by atoms with Crippen LogP contribution in [0.4, 0.5) is 17.1 Å². The van der Waals surface area contributed by atoms with Crippen molar-refractivity contribution in [2.24, 2.45) is 0 Å². The van der Waals surface area contributed by atoms with Gasteiger partial charge in [0, 0.05) is 14.1 Å². The van der Waals surface area contributed by atoms with E-state index in [4.69, 9.17) is 0 Å². The molecule has 0 bridgehead atoms. The standard InChI is InChI=1S/C16H17N3/c1-12-8-9-14(13(10-12)11-17)18-15-6-4-5-7-16(15)19(2)3/h4-10,18H,1-3H3. The van der Waals surface area contributed by atoms with Gasteiger partial charge in [-0.1, -0.05) is 18.2 Å². The Morgan fingerprint density at radius 1 is 1.05 bits per heavy atom. The van der Waals surface area contributed by atoms with E-state index in [-0.39, 0.29) is 0 Å². The quantitative estimate of drug-likeness (QED) is 0.904. The van der Waals surface area contributed by atoms with E-state index in [0.717, 1.165) is 22.6 Å². The molecule has 96 valence electrons. The SMILES string of the molecule is Cc1ccc(Nc2ccccc2N(C)C)c(C#N)c1. The Hall–Kier alpha value is -2.47. The average molecular weight is 251 g/mol. The van der Waals surface area contributed by atoms with Gasteiger partial charge in [0.05, 0.1) is 22.6 Å². The van der Waals surface area contributed by atoms with Crippen LogP contribution in [-0.2, 0) is 0 Å². The minimum absolute atomic E-state index is 0.661. The van der Waals surface area contributed by atoms with Crippen LogP contribution in [0.25, 0.3) is 0 Å². The Labute approximate surface area is 114 Å². The third kappa shape index (κ3) is 2.86. The van der Waals surface area contributed by atoms with E-state index < -0.39 is 0 Å². The molecule has 19 heavy (non-hydrogen) atoms. The Morgan fingerprint density at radius 2 is 1.79 bits per heavy atom. The van der Waals surface area contributed by atoms with Gasteiger partial charge >= 0.3 is 0 Å². The summed E-state index contributed by atoms with van der Waals surface area (Å²) < 4.78 is 0. The van der Waals surface area contributed by atoms with Crippen LogP contribution in [0.1, 0.15) is 11.1 Å². The van der Waals surface area contributed by atoms with E-state index in [9.17, 15) is 5.26 Å². The summed E-state index contributed by atoms with van der Waals surface area (Å²) >= 11 is 0. The van der Waals surface area contributed by atoms with E-state index in [1.54, 1.807) is 0 Å². The molecule has 0 spiro atoms. The van der Waals surface area contributed by atoms with Gasteiger partial charge in [-0.3, -0.25) is 0 Å². The zero-order valence-corrected chi connectivity index (χ0v) is 11.4. The maximum Gasteiger partial charge on any atom is 0.101 e. The number of benzene rings is 2. The van der Waals surface area contributed by atoms with Gasteiger partial charge in [0.2, 0.25) is 0 Å². The van der Waals surface area contributed by atoms with Crippen molar-refractivity contribution in [2.45, 2.75) is 6.92 Å². The van der Waals surface area contributed by atoms with Gasteiger partial charge in [-0.05, 0) is 36.8 Å². The first-order valence-corrected chi connectivity index (χ1v) is 6.16. The third-order valence-electron chi connectivity index (χ3n) is 2.95. The second-order valence-corrected chi connectivity index (χ2v) is 4.70. The molecule has 0 fully saturated rings. The van der Waals surface area contributed by atoms with Gasteiger partial charge in [-0.25, -0.2) is 0 Å². The highest BCUT2D eigenvalue weighted by Crippen LogP contribution is 2.28. The van der Waals surface area contributed by atoms with Crippen LogP contribution in [0.2, 0.25) is 0 Å². The summed E-state index contributed by atoms with van der Waals surface area (Å²) in [4.78, 5) is 2.04. The molecule has 0 radical (unpaired) electrons. The van der Waals surface area contributed by atoms with Gasteiger partial charge in [0.1, 0.15) is 6.07 Å². The molecule has 0 saturated heterocycles. The van der Waals surface area contributed by atoms with Crippen molar-refractivity contribution in [1.82, 2.24) is 0 Å². The monoisotopic (exact) mass is 251 g/mol. The van der Waals surface area contributed by atoms with Crippen molar-refractivity contribution >= 4 is 17.1 Å². The van der Waals surface area contributed by atoms with Crippen LogP contribution in [0.3, 0.4) is 0 Å². The summed E-state index contributed by atoms with van der Waals surface area (Å²) in [5.41, 5.74) is 4.67. The van der Waals surface area contributed by atoms with Crippen LogP contribution in [0.5, 0.6) is 0 Å². The number of nitrogens with one attached hydrogen (secondary N) is 1. The minimum Gasteiger partial charge on any atom is -0.376 e. The van der Waals surface area contributed by atoms with Crippen LogP contribution in [0.15, 0.2) is 42.5 Å². The maximum atomic E-state index is 9.20. The largest absolute Gasteiger partial charge is 0.376 e. The van der Waals surface area contributed by atoms with Crippen molar-refractivity contribution in [3.05, 3.63) is 53.6 Å². The highest BCUT2D eigenvalue weighted by atomic mass is 15.1. The Balaban J connectivity index is 2.40. The lowest BCUT2D eigenvalue weighted by molar-refractivity contribution is 1.13. The molecule has 0 aliphatic carbocycles. The van der Waals surface area contributed by atoms with Gasteiger partial charge < -0.3 is 10.2 Å². The number of nitrogens with zero attached hydrogens (tertiary/aromatic N) is 2. The van der Waals surface area contributed by atoms with Crippen LogP contribution >= 0.6 is 0 Å². The molecule has 1 N–H and O–H groups in total. The topological polar surface area (TPSA) is 39.1 Å². The molecule has 2 aromatic rings. The molecule has 0 aliphatic heterocycles. The fourth-order valence-electron chi connectivity index (χ4n) is 1.97. The number of hydrogen-bond donors (Lipinski definition) is 1. The minimum atomic E-state index is 0.661. The predicted molar refractivity (Wildman–Crippen MR) is 79.9 cm³/mol. The number of rotatable bonds is 3. The Kier molecular flexibility index (Phi) is 3.72. The van der Waals surface area contributed by atoms with Crippen LogP contribution < -0.4 is 10.2 Å². The van der Waals surface area contributed by atoms with Crippen LogP contribution in [0, 0.1) is 18.3 Å². The molecule has 0 saturated carbocycles. The molecule has 3 nitrogen and oxygen atoms in total. The number of para-hydroxylation sites is 2. The third-order valence-corrected chi connectivity index (χ3v) is 2.95.